The molecule has 2 heterocycles. The van der Waals surface area contributed by atoms with Crippen LogP contribution in [0.25, 0.3) is 0 Å². The van der Waals surface area contributed by atoms with Crippen LogP contribution in [0.5, 0.6) is 0 Å². The SMILES string of the molecule is CC1CNCC1CNCc1nccs1. The van der Waals surface area contributed by atoms with Crippen molar-refractivity contribution in [2.75, 3.05) is 19.6 Å². The first-order valence-electron chi connectivity index (χ1n) is 5.16. The summed E-state index contributed by atoms with van der Waals surface area (Å²) in [7, 11) is 0. The molecule has 0 aromatic carbocycles. The fourth-order valence-electron chi connectivity index (χ4n) is 1.84. The van der Waals surface area contributed by atoms with Gasteiger partial charge < -0.3 is 10.6 Å². The number of aromatic nitrogens is 1. The molecule has 2 unspecified atom stereocenters. The first-order valence-corrected chi connectivity index (χ1v) is 6.04. The van der Waals surface area contributed by atoms with E-state index in [0.717, 1.165) is 31.5 Å². The summed E-state index contributed by atoms with van der Waals surface area (Å²) in [4.78, 5) is 4.24. The molecule has 4 heteroatoms. The third-order valence-corrected chi connectivity index (χ3v) is 3.62. The molecule has 0 radical (unpaired) electrons. The van der Waals surface area contributed by atoms with Gasteiger partial charge in [-0.25, -0.2) is 4.98 Å². The molecule has 1 fully saturated rings. The maximum Gasteiger partial charge on any atom is 0.106 e. The Morgan fingerprint density at radius 3 is 3.21 bits per heavy atom. The number of thiazole rings is 1. The molecule has 1 aromatic heterocycles. The Morgan fingerprint density at radius 1 is 1.64 bits per heavy atom. The minimum absolute atomic E-state index is 0.787. The highest BCUT2D eigenvalue weighted by Gasteiger charge is 2.22. The maximum atomic E-state index is 4.24. The van der Waals surface area contributed by atoms with Crippen molar-refractivity contribution >= 4 is 11.3 Å². The van der Waals surface area contributed by atoms with Gasteiger partial charge in [-0.15, -0.1) is 11.3 Å². The fourth-order valence-corrected chi connectivity index (χ4v) is 2.43. The van der Waals surface area contributed by atoms with Crippen LogP contribution >= 0.6 is 11.3 Å². The van der Waals surface area contributed by atoms with Crippen LogP contribution in [0.4, 0.5) is 0 Å². The van der Waals surface area contributed by atoms with Crippen LogP contribution < -0.4 is 10.6 Å². The van der Waals surface area contributed by atoms with Crippen LogP contribution in [0.3, 0.4) is 0 Å². The summed E-state index contributed by atoms with van der Waals surface area (Å²) in [5.41, 5.74) is 0. The Kier molecular flexibility index (Phi) is 3.50. The van der Waals surface area contributed by atoms with E-state index >= 15 is 0 Å². The lowest BCUT2D eigenvalue weighted by molar-refractivity contribution is 0.420. The minimum Gasteiger partial charge on any atom is -0.316 e. The normalized spacial score (nSPS) is 26.9. The Labute approximate surface area is 88.9 Å². The van der Waals surface area contributed by atoms with Crippen LogP contribution in [-0.2, 0) is 6.54 Å². The van der Waals surface area contributed by atoms with Gasteiger partial charge >= 0.3 is 0 Å². The molecule has 3 nitrogen and oxygen atoms in total. The molecule has 1 aromatic rings. The van der Waals surface area contributed by atoms with Crippen molar-refractivity contribution in [2.45, 2.75) is 13.5 Å². The maximum absolute atomic E-state index is 4.24. The molecule has 0 bridgehead atoms. The molecule has 1 aliphatic rings. The van der Waals surface area contributed by atoms with Crippen molar-refractivity contribution in [3.8, 4) is 0 Å². The number of nitrogens with one attached hydrogen (secondary N) is 2. The Hall–Kier alpha value is -0.450. The summed E-state index contributed by atoms with van der Waals surface area (Å²) >= 11 is 1.72. The van der Waals surface area contributed by atoms with Gasteiger partial charge in [0.15, 0.2) is 0 Å². The molecule has 2 atom stereocenters. The average molecular weight is 211 g/mol. The van der Waals surface area contributed by atoms with Gasteiger partial charge in [0.25, 0.3) is 0 Å². The van der Waals surface area contributed by atoms with E-state index in [-0.39, 0.29) is 0 Å². The molecule has 78 valence electrons. The molecule has 0 amide bonds. The van der Waals surface area contributed by atoms with Gasteiger partial charge in [-0.05, 0) is 31.5 Å². The molecule has 2 rings (SSSR count). The largest absolute Gasteiger partial charge is 0.316 e. The standard InChI is InChI=1S/C10H17N3S/c1-8-4-11-5-9(8)6-12-7-10-13-2-3-14-10/h2-3,8-9,11-12H,4-7H2,1H3. The third-order valence-electron chi connectivity index (χ3n) is 2.84. The average Bonchev–Trinajstić information content (AvgIpc) is 2.78. The lowest BCUT2D eigenvalue weighted by Crippen LogP contribution is -2.26. The van der Waals surface area contributed by atoms with E-state index in [1.807, 2.05) is 11.6 Å². The second-order valence-electron chi connectivity index (χ2n) is 3.95. The van der Waals surface area contributed by atoms with E-state index in [9.17, 15) is 0 Å². The molecule has 0 aliphatic carbocycles. The Balaban J connectivity index is 1.68. The Bertz CT molecular complexity index is 260. The van der Waals surface area contributed by atoms with E-state index in [2.05, 4.69) is 22.5 Å². The van der Waals surface area contributed by atoms with Gasteiger partial charge in [0.05, 0.1) is 0 Å². The summed E-state index contributed by atoms with van der Waals surface area (Å²) in [6.07, 6.45) is 1.86. The minimum atomic E-state index is 0.787. The molecular formula is C10H17N3S. The van der Waals surface area contributed by atoms with Crippen molar-refractivity contribution in [1.29, 1.82) is 0 Å². The summed E-state index contributed by atoms with van der Waals surface area (Å²) < 4.78 is 0. The highest BCUT2D eigenvalue weighted by Crippen LogP contribution is 2.14. The van der Waals surface area contributed by atoms with Crippen molar-refractivity contribution in [3.63, 3.8) is 0 Å². The van der Waals surface area contributed by atoms with Crippen molar-refractivity contribution in [3.05, 3.63) is 16.6 Å². The second-order valence-corrected chi connectivity index (χ2v) is 4.93. The first kappa shape index (κ1) is 10.1. The van der Waals surface area contributed by atoms with Crippen LogP contribution in [-0.4, -0.2) is 24.6 Å². The second kappa shape index (κ2) is 4.87. The molecular weight excluding hydrogens is 194 g/mol. The van der Waals surface area contributed by atoms with Gasteiger partial charge in [0, 0.05) is 18.1 Å². The van der Waals surface area contributed by atoms with Crippen LogP contribution in [0, 0.1) is 11.8 Å². The van der Waals surface area contributed by atoms with Gasteiger partial charge in [0.1, 0.15) is 5.01 Å². The van der Waals surface area contributed by atoms with Gasteiger partial charge in [0.2, 0.25) is 0 Å². The molecule has 0 spiro atoms. The fraction of sp³-hybridized carbons (Fsp3) is 0.700. The van der Waals surface area contributed by atoms with Crippen LogP contribution in [0.15, 0.2) is 11.6 Å². The lowest BCUT2D eigenvalue weighted by atomic mass is 9.98. The summed E-state index contributed by atoms with van der Waals surface area (Å²) in [6, 6.07) is 0. The van der Waals surface area contributed by atoms with Gasteiger partial charge in [-0.2, -0.15) is 0 Å². The zero-order chi connectivity index (χ0) is 9.80. The van der Waals surface area contributed by atoms with Gasteiger partial charge in [-0.3, -0.25) is 0 Å². The van der Waals surface area contributed by atoms with Crippen LogP contribution in [0.2, 0.25) is 0 Å². The summed E-state index contributed by atoms with van der Waals surface area (Å²) in [5.74, 6) is 1.59. The number of rotatable bonds is 4. The van der Waals surface area contributed by atoms with E-state index in [1.54, 1.807) is 11.3 Å². The van der Waals surface area contributed by atoms with Crippen molar-refractivity contribution in [1.82, 2.24) is 15.6 Å². The lowest BCUT2D eigenvalue weighted by Gasteiger charge is -2.13. The molecule has 0 saturated carbocycles. The predicted molar refractivity (Wildman–Crippen MR) is 59.3 cm³/mol. The van der Waals surface area contributed by atoms with E-state index < -0.39 is 0 Å². The smallest absolute Gasteiger partial charge is 0.106 e. The zero-order valence-corrected chi connectivity index (χ0v) is 9.31. The summed E-state index contributed by atoms with van der Waals surface area (Å²) in [5, 5.41) is 10.1. The first-order chi connectivity index (χ1) is 6.86. The third kappa shape index (κ3) is 2.53. The number of nitrogens with zero attached hydrogens (tertiary/aromatic N) is 1. The van der Waals surface area contributed by atoms with Crippen molar-refractivity contribution < 1.29 is 0 Å². The van der Waals surface area contributed by atoms with Crippen molar-refractivity contribution in [2.24, 2.45) is 11.8 Å². The monoisotopic (exact) mass is 211 g/mol. The zero-order valence-electron chi connectivity index (χ0n) is 8.49. The van der Waals surface area contributed by atoms with Gasteiger partial charge in [-0.1, -0.05) is 6.92 Å². The summed E-state index contributed by atoms with van der Waals surface area (Å²) in [6.45, 7) is 6.67. The number of hydrogen-bond donors (Lipinski definition) is 2. The predicted octanol–water partition coefficient (Wildman–Crippen LogP) is 1.09. The number of hydrogen-bond acceptors (Lipinski definition) is 4. The molecule has 2 N–H and O–H groups in total. The van der Waals surface area contributed by atoms with Crippen LogP contribution in [0.1, 0.15) is 11.9 Å². The highest BCUT2D eigenvalue weighted by atomic mass is 32.1. The Morgan fingerprint density at radius 2 is 2.57 bits per heavy atom. The molecule has 1 saturated heterocycles. The van der Waals surface area contributed by atoms with E-state index in [4.69, 9.17) is 0 Å². The molecule has 1 aliphatic heterocycles. The topological polar surface area (TPSA) is 37.0 Å². The molecule has 14 heavy (non-hydrogen) atoms. The highest BCUT2D eigenvalue weighted by molar-refractivity contribution is 7.09. The van der Waals surface area contributed by atoms with E-state index in [0.29, 0.717) is 0 Å². The van der Waals surface area contributed by atoms with E-state index in [1.165, 1.54) is 11.6 Å². The quantitative estimate of drug-likeness (QED) is 0.783.